The molecule has 1 unspecified atom stereocenters. The molecule has 1 aliphatic rings. The van der Waals surface area contributed by atoms with Crippen molar-refractivity contribution >= 4 is 12.0 Å². The second kappa shape index (κ2) is 7.08. The number of carboxylic acid groups (broad SMARTS) is 1. The largest absolute Gasteiger partial charge is 0.479 e. The smallest absolute Gasteiger partial charge is 0.334 e. The summed E-state index contributed by atoms with van der Waals surface area (Å²) < 4.78 is 0. The van der Waals surface area contributed by atoms with Gasteiger partial charge in [-0.25, -0.2) is 9.59 Å². The van der Waals surface area contributed by atoms with Crippen molar-refractivity contribution in [2.75, 3.05) is 32.7 Å². The number of rotatable bonds is 6. The molecule has 0 spiro atoms. The lowest BCUT2D eigenvalue weighted by molar-refractivity contribution is -0.146. The standard InChI is InChI=1S/C10H19N3O4/c14-8(9(15)16)7-12-10(17)11-3-6-13-4-1-2-5-13/h8,14H,1-7H2,(H,15,16)(H2,11,12,17). The molecule has 7 nitrogen and oxygen atoms in total. The van der Waals surface area contributed by atoms with E-state index in [4.69, 9.17) is 10.2 Å². The van der Waals surface area contributed by atoms with Crippen LogP contribution >= 0.6 is 0 Å². The maximum absolute atomic E-state index is 11.2. The number of hydrogen-bond acceptors (Lipinski definition) is 4. The third kappa shape index (κ3) is 5.50. The monoisotopic (exact) mass is 245 g/mol. The Labute approximate surface area is 99.8 Å². The van der Waals surface area contributed by atoms with E-state index in [2.05, 4.69) is 15.5 Å². The minimum absolute atomic E-state index is 0.287. The summed E-state index contributed by atoms with van der Waals surface area (Å²) in [5.74, 6) is -1.35. The van der Waals surface area contributed by atoms with Crippen molar-refractivity contribution < 1.29 is 19.8 Å². The maximum Gasteiger partial charge on any atom is 0.334 e. The summed E-state index contributed by atoms with van der Waals surface area (Å²) >= 11 is 0. The number of aliphatic carboxylic acids is 1. The van der Waals surface area contributed by atoms with E-state index in [1.807, 2.05) is 0 Å². The molecule has 4 N–H and O–H groups in total. The van der Waals surface area contributed by atoms with Crippen LogP contribution in [0.25, 0.3) is 0 Å². The number of amides is 2. The zero-order valence-corrected chi connectivity index (χ0v) is 9.69. The Bertz CT molecular complexity index is 266. The van der Waals surface area contributed by atoms with Gasteiger partial charge in [-0.3, -0.25) is 0 Å². The number of aliphatic hydroxyl groups excluding tert-OH is 1. The number of aliphatic hydroxyl groups is 1. The van der Waals surface area contributed by atoms with Crippen molar-refractivity contribution in [2.24, 2.45) is 0 Å². The number of nitrogens with one attached hydrogen (secondary N) is 2. The van der Waals surface area contributed by atoms with E-state index in [1.165, 1.54) is 12.8 Å². The summed E-state index contributed by atoms with van der Waals surface area (Å²) in [5.41, 5.74) is 0. The van der Waals surface area contributed by atoms with Crippen molar-refractivity contribution in [3.05, 3.63) is 0 Å². The zero-order valence-electron chi connectivity index (χ0n) is 9.69. The molecular weight excluding hydrogens is 226 g/mol. The van der Waals surface area contributed by atoms with Crippen molar-refractivity contribution in [3.8, 4) is 0 Å². The molecule has 1 rings (SSSR count). The van der Waals surface area contributed by atoms with Gasteiger partial charge >= 0.3 is 12.0 Å². The van der Waals surface area contributed by atoms with Crippen molar-refractivity contribution in [1.29, 1.82) is 0 Å². The van der Waals surface area contributed by atoms with Gasteiger partial charge in [-0.1, -0.05) is 0 Å². The first-order valence-electron chi connectivity index (χ1n) is 5.74. The third-order valence-electron chi connectivity index (χ3n) is 2.65. The predicted octanol–water partition coefficient (Wildman–Crippen LogP) is -1.17. The first-order valence-corrected chi connectivity index (χ1v) is 5.74. The van der Waals surface area contributed by atoms with Gasteiger partial charge in [0.2, 0.25) is 0 Å². The topological polar surface area (TPSA) is 102 Å². The van der Waals surface area contributed by atoms with E-state index in [-0.39, 0.29) is 6.54 Å². The summed E-state index contributed by atoms with van der Waals surface area (Å²) in [6, 6.07) is -0.454. The highest BCUT2D eigenvalue weighted by molar-refractivity contribution is 5.76. The first kappa shape index (κ1) is 13.7. The van der Waals surface area contributed by atoms with E-state index in [9.17, 15) is 9.59 Å². The Balaban J connectivity index is 2.02. The minimum atomic E-state index is -1.56. The Hall–Kier alpha value is -1.34. The van der Waals surface area contributed by atoms with Gasteiger partial charge in [0.25, 0.3) is 0 Å². The average molecular weight is 245 g/mol. The summed E-state index contributed by atoms with van der Waals surface area (Å²) in [5, 5.41) is 22.2. The highest BCUT2D eigenvalue weighted by Crippen LogP contribution is 2.05. The first-order chi connectivity index (χ1) is 8.09. The van der Waals surface area contributed by atoms with Crippen LogP contribution in [-0.4, -0.2) is 65.9 Å². The lowest BCUT2D eigenvalue weighted by Crippen LogP contribution is -2.44. The van der Waals surface area contributed by atoms with Crippen LogP contribution in [0.3, 0.4) is 0 Å². The fourth-order valence-corrected chi connectivity index (χ4v) is 1.67. The molecule has 7 heteroatoms. The van der Waals surface area contributed by atoms with E-state index < -0.39 is 18.1 Å². The highest BCUT2D eigenvalue weighted by atomic mass is 16.4. The number of nitrogens with zero attached hydrogens (tertiary/aromatic N) is 1. The Morgan fingerprint density at radius 2 is 1.88 bits per heavy atom. The fraction of sp³-hybridized carbons (Fsp3) is 0.800. The van der Waals surface area contributed by atoms with E-state index in [1.54, 1.807) is 0 Å². The van der Waals surface area contributed by atoms with Gasteiger partial charge in [0, 0.05) is 13.1 Å². The highest BCUT2D eigenvalue weighted by Gasteiger charge is 2.14. The molecule has 17 heavy (non-hydrogen) atoms. The van der Waals surface area contributed by atoms with Gasteiger partial charge in [0.05, 0.1) is 6.54 Å². The van der Waals surface area contributed by atoms with Crippen LogP contribution in [0.5, 0.6) is 0 Å². The van der Waals surface area contributed by atoms with Gasteiger partial charge in [-0.05, 0) is 25.9 Å². The molecule has 0 aromatic heterocycles. The third-order valence-corrected chi connectivity index (χ3v) is 2.65. The molecule has 0 radical (unpaired) electrons. The number of urea groups is 1. The Morgan fingerprint density at radius 1 is 1.24 bits per heavy atom. The number of carbonyl (C=O) groups excluding carboxylic acids is 1. The normalized spacial score (nSPS) is 17.7. The molecule has 0 aromatic rings. The number of carbonyl (C=O) groups is 2. The van der Waals surface area contributed by atoms with E-state index in [0.29, 0.717) is 6.54 Å². The van der Waals surface area contributed by atoms with Crippen LogP contribution < -0.4 is 10.6 Å². The summed E-state index contributed by atoms with van der Waals surface area (Å²) in [4.78, 5) is 23.7. The van der Waals surface area contributed by atoms with Crippen molar-refractivity contribution in [3.63, 3.8) is 0 Å². The molecule has 1 heterocycles. The Kier molecular flexibility index (Phi) is 5.71. The van der Waals surface area contributed by atoms with Crippen molar-refractivity contribution in [1.82, 2.24) is 15.5 Å². The molecule has 0 saturated carbocycles. The number of carboxylic acids is 1. The lowest BCUT2D eigenvalue weighted by atomic mass is 10.4. The van der Waals surface area contributed by atoms with Crippen molar-refractivity contribution in [2.45, 2.75) is 18.9 Å². The molecule has 2 amide bonds. The summed E-state index contributed by atoms with van der Waals surface area (Å²) in [7, 11) is 0. The van der Waals surface area contributed by atoms with Gasteiger partial charge in [-0.15, -0.1) is 0 Å². The van der Waals surface area contributed by atoms with Gasteiger partial charge in [0.15, 0.2) is 6.10 Å². The predicted molar refractivity (Wildman–Crippen MR) is 60.7 cm³/mol. The molecule has 1 aliphatic heterocycles. The van der Waals surface area contributed by atoms with E-state index >= 15 is 0 Å². The van der Waals surface area contributed by atoms with Crippen LogP contribution in [-0.2, 0) is 4.79 Å². The second-order valence-electron chi connectivity index (χ2n) is 4.04. The van der Waals surface area contributed by atoms with Gasteiger partial charge < -0.3 is 25.7 Å². The van der Waals surface area contributed by atoms with Gasteiger partial charge in [0.1, 0.15) is 0 Å². The van der Waals surface area contributed by atoms with E-state index in [0.717, 1.165) is 19.6 Å². The SMILES string of the molecule is O=C(NCCN1CCCC1)NCC(O)C(=O)O. The summed E-state index contributed by atoms with van der Waals surface area (Å²) in [6.45, 7) is 3.18. The molecule has 0 aromatic carbocycles. The molecular formula is C10H19N3O4. The summed E-state index contributed by atoms with van der Waals surface area (Å²) in [6.07, 6.45) is 0.855. The zero-order chi connectivity index (χ0) is 12.7. The average Bonchev–Trinajstić information content (AvgIpc) is 2.78. The lowest BCUT2D eigenvalue weighted by Gasteiger charge is -2.15. The van der Waals surface area contributed by atoms with Crippen LogP contribution in [0, 0.1) is 0 Å². The molecule has 0 bridgehead atoms. The van der Waals surface area contributed by atoms with Crippen LogP contribution in [0.1, 0.15) is 12.8 Å². The van der Waals surface area contributed by atoms with Crippen LogP contribution in [0.2, 0.25) is 0 Å². The van der Waals surface area contributed by atoms with Crippen LogP contribution in [0.4, 0.5) is 4.79 Å². The Morgan fingerprint density at radius 3 is 2.47 bits per heavy atom. The number of likely N-dealkylation sites (tertiary alicyclic amines) is 1. The minimum Gasteiger partial charge on any atom is -0.479 e. The molecule has 0 aliphatic carbocycles. The number of hydrogen-bond donors (Lipinski definition) is 4. The van der Waals surface area contributed by atoms with Crippen LogP contribution in [0.15, 0.2) is 0 Å². The molecule has 1 fully saturated rings. The quantitative estimate of drug-likeness (QED) is 0.472. The molecule has 1 saturated heterocycles. The second-order valence-corrected chi connectivity index (χ2v) is 4.04. The molecule has 98 valence electrons. The van der Waals surface area contributed by atoms with Gasteiger partial charge in [-0.2, -0.15) is 0 Å². The molecule has 1 atom stereocenters. The fourth-order valence-electron chi connectivity index (χ4n) is 1.67. The maximum atomic E-state index is 11.2.